The number of pyridine rings is 2. The van der Waals surface area contributed by atoms with Crippen molar-refractivity contribution < 1.29 is 4.42 Å². The number of aromatic nitrogens is 2. The zero-order valence-electron chi connectivity index (χ0n) is 23.2. The molecule has 0 aliphatic heterocycles. The van der Waals surface area contributed by atoms with Crippen LogP contribution in [0.1, 0.15) is 0 Å². The van der Waals surface area contributed by atoms with Crippen molar-refractivity contribution in [1.29, 1.82) is 0 Å². The number of hydrogen-bond donors (Lipinski definition) is 0. The molecule has 3 nitrogen and oxygen atoms in total. The number of nitrogens with zero attached hydrogens (tertiary/aromatic N) is 2. The first-order valence-electron chi connectivity index (χ1n) is 14.5. The predicted molar refractivity (Wildman–Crippen MR) is 178 cm³/mol. The topological polar surface area (TPSA) is 38.9 Å². The molecule has 0 spiro atoms. The van der Waals surface area contributed by atoms with E-state index in [9.17, 15) is 0 Å². The Kier molecular flexibility index (Phi) is 5.20. The molecule has 0 fully saturated rings. The molecule has 0 atom stereocenters. The summed E-state index contributed by atoms with van der Waals surface area (Å²) in [5, 5.41) is 6.58. The molecule has 0 aliphatic carbocycles. The van der Waals surface area contributed by atoms with Gasteiger partial charge in [-0.2, -0.15) is 0 Å². The summed E-state index contributed by atoms with van der Waals surface area (Å²) in [5.74, 6) is 0. The van der Waals surface area contributed by atoms with E-state index < -0.39 is 0 Å². The highest BCUT2D eigenvalue weighted by atomic mass is 16.3. The Morgan fingerprint density at radius 2 is 1.09 bits per heavy atom. The van der Waals surface area contributed by atoms with Gasteiger partial charge < -0.3 is 4.42 Å². The van der Waals surface area contributed by atoms with E-state index in [2.05, 4.69) is 115 Å². The quantitative estimate of drug-likeness (QED) is 0.206. The van der Waals surface area contributed by atoms with Crippen molar-refractivity contribution in [1.82, 2.24) is 9.97 Å². The van der Waals surface area contributed by atoms with Crippen molar-refractivity contribution in [3.05, 3.63) is 146 Å². The lowest BCUT2D eigenvalue weighted by Crippen LogP contribution is -1.93. The van der Waals surface area contributed by atoms with Gasteiger partial charge in [-0.1, -0.05) is 115 Å². The summed E-state index contributed by atoms with van der Waals surface area (Å²) in [6, 6.07) is 49.0. The molecule has 0 saturated heterocycles. The minimum Gasteiger partial charge on any atom is -0.455 e. The first-order chi connectivity index (χ1) is 21.3. The maximum Gasteiger partial charge on any atom is 0.145 e. The van der Waals surface area contributed by atoms with Gasteiger partial charge in [0.1, 0.15) is 16.7 Å². The number of hydrogen-bond acceptors (Lipinski definition) is 3. The third-order valence-electron chi connectivity index (χ3n) is 8.54. The van der Waals surface area contributed by atoms with Crippen molar-refractivity contribution in [2.45, 2.75) is 0 Å². The van der Waals surface area contributed by atoms with Crippen molar-refractivity contribution in [3.63, 3.8) is 0 Å². The van der Waals surface area contributed by atoms with Gasteiger partial charge >= 0.3 is 0 Å². The molecule has 3 heteroatoms. The Hall–Kier alpha value is -5.80. The zero-order chi connectivity index (χ0) is 28.3. The Labute approximate surface area is 247 Å². The Morgan fingerprint density at radius 1 is 0.442 bits per heavy atom. The van der Waals surface area contributed by atoms with Crippen LogP contribution in [-0.4, -0.2) is 9.97 Å². The van der Waals surface area contributed by atoms with Crippen LogP contribution in [0, 0.1) is 0 Å². The number of rotatable bonds is 3. The third-order valence-corrected chi connectivity index (χ3v) is 8.54. The number of benzene rings is 6. The molecule has 9 rings (SSSR count). The summed E-state index contributed by atoms with van der Waals surface area (Å²) in [7, 11) is 0. The van der Waals surface area contributed by atoms with E-state index >= 15 is 0 Å². The fourth-order valence-electron chi connectivity index (χ4n) is 6.52. The molecule has 43 heavy (non-hydrogen) atoms. The standard InChI is InChI=1S/C40H24N2O/c1-2-9-25(10-3-1)26-16-18-27(19-17-26)28-20-21-32(30-12-5-4-11-29(28)30)38-34-23-22-33-31-13-6-7-15-36(31)43-40(33)37(34)39-35(42-38)14-8-24-41-39/h1-24H. The number of fused-ring (bicyclic) bond motifs is 8. The summed E-state index contributed by atoms with van der Waals surface area (Å²) < 4.78 is 6.50. The summed E-state index contributed by atoms with van der Waals surface area (Å²) >= 11 is 0. The molecule has 0 N–H and O–H groups in total. The van der Waals surface area contributed by atoms with Gasteiger partial charge in [-0.05, 0) is 57.3 Å². The molecule has 0 amide bonds. The first-order valence-corrected chi connectivity index (χ1v) is 14.5. The van der Waals surface area contributed by atoms with Gasteiger partial charge in [0, 0.05) is 27.9 Å². The van der Waals surface area contributed by atoms with Crippen LogP contribution in [0.3, 0.4) is 0 Å². The number of para-hydroxylation sites is 1. The van der Waals surface area contributed by atoms with E-state index in [0.29, 0.717) is 0 Å². The van der Waals surface area contributed by atoms with Gasteiger partial charge in [-0.3, -0.25) is 4.98 Å². The van der Waals surface area contributed by atoms with E-state index in [1.165, 1.54) is 27.6 Å². The lowest BCUT2D eigenvalue weighted by atomic mass is 9.91. The van der Waals surface area contributed by atoms with Gasteiger partial charge in [0.05, 0.1) is 16.6 Å². The van der Waals surface area contributed by atoms with E-state index in [1.54, 1.807) is 0 Å². The summed E-state index contributed by atoms with van der Waals surface area (Å²) in [5.41, 5.74) is 10.3. The molecule has 9 aromatic rings. The molecule has 0 aliphatic rings. The van der Waals surface area contributed by atoms with Gasteiger partial charge in [-0.15, -0.1) is 0 Å². The molecule has 6 aromatic carbocycles. The van der Waals surface area contributed by atoms with Crippen LogP contribution in [0.25, 0.3) is 88.0 Å². The average molecular weight is 549 g/mol. The van der Waals surface area contributed by atoms with E-state index in [-0.39, 0.29) is 0 Å². The normalized spacial score (nSPS) is 11.7. The zero-order valence-corrected chi connectivity index (χ0v) is 23.2. The Bertz CT molecular complexity index is 2490. The lowest BCUT2D eigenvalue weighted by Gasteiger charge is -2.15. The second-order valence-corrected chi connectivity index (χ2v) is 10.9. The highest BCUT2D eigenvalue weighted by Crippen LogP contribution is 2.42. The van der Waals surface area contributed by atoms with Crippen LogP contribution in [0.4, 0.5) is 0 Å². The van der Waals surface area contributed by atoms with E-state index in [1.807, 2.05) is 30.5 Å². The summed E-state index contributed by atoms with van der Waals surface area (Å²) in [6.07, 6.45) is 1.83. The number of furan rings is 1. The SMILES string of the molecule is c1ccc(-c2ccc(-c3ccc(-c4nc5cccnc5c5c4ccc4c6ccccc6oc45)c4ccccc34)cc2)cc1. The fraction of sp³-hybridized carbons (Fsp3) is 0. The van der Waals surface area contributed by atoms with Crippen molar-refractivity contribution >= 4 is 54.5 Å². The molecule has 0 saturated carbocycles. The maximum absolute atomic E-state index is 6.50. The second-order valence-electron chi connectivity index (χ2n) is 10.9. The third kappa shape index (κ3) is 3.68. The van der Waals surface area contributed by atoms with Crippen LogP contribution in [0.2, 0.25) is 0 Å². The van der Waals surface area contributed by atoms with Crippen molar-refractivity contribution in [2.75, 3.05) is 0 Å². The summed E-state index contributed by atoms with van der Waals surface area (Å²) in [4.78, 5) is 10.0. The minimum absolute atomic E-state index is 0.850. The second kappa shape index (κ2) is 9.37. The molecule has 0 unspecified atom stereocenters. The van der Waals surface area contributed by atoms with Crippen molar-refractivity contribution in [3.8, 4) is 33.5 Å². The van der Waals surface area contributed by atoms with E-state index in [4.69, 9.17) is 14.4 Å². The predicted octanol–water partition coefficient (Wildman–Crippen LogP) is 10.8. The van der Waals surface area contributed by atoms with Crippen LogP contribution < -0.4 is 0 Å². The van der Waals surface area contributed by atoms with Gasteiger partial charge in [0.25, 0.3) is 0 Å². The lowest BCUT2D eigenvalue weighted by molar-refractivity contribution is 0.673. The fourth-order valence-corrected chi connectivity index (χ4v) is 6.52. The highest BCUT2D eigenvalue weighted by molar-refractivity contribution is 6.24. The Morgan fingerprint density at radius 3 is 1.93 bits per heavy atom. The Balaban J connectivity index is 1.29. The largest absolute Gasteiger partial charge is 0.455 e. The summed E-state index contributed by atoms with van der Waals surface area (Å²) in [6.45, 7) is 0. The van der Waals surface area contributed by atoms with E-state index in [0.717, 1.165) is 60.4 Å². The van der Waals surface area contributed by atoms with Crippen LogP contribution in [0.15, 0.2) is 150 Å². The van der Waals surface area contributed by atoms with Crippen LogP contribution in [-0.2, 0) is 0 Å². The smallest absolute Gasteiger partial charge is 0.145 e. The molecule has 3 aromatic heterocycles. The molecule has 0 bridgehead atoms. The van der Waals surface area contributed by atoms with Crippen LogP contribution in [0.5, 0.6) is 0 Å². The molecule has 0 radical (unpaired) electrons. The molecule has 200 valence electrons. The average Bonchev–Trinajstić information content (AvgIpc) is 3.47. The van der Waals surface area contributed by atoms with Gasteiger partial charge in [-0.25, -0.2) is 4.98 Å². The van der Waals surface area contributed by atoms with Gasteiger partial charge in [0.2, 0.25) is 0 Å². The highest BCUT2D eigenvalue weighted by Gasteiger charge is 2.19. The first kappa shape index (κ1) is 23.9. The minimum atomic E-state index is 0.850. The molecular weight excluding hydrogens is 524 g/mol. The van der Waals surface area contributed by atoms with Crippen LogP contribution >= 0.6 is 0 Å². The molecule has 3 heterocycles. The maximum atomic E-state index is 6.50. The molecular formula is C40H24N2O. The van der Waals surface area contributed by atoms with Gasteiger partial charge in [0.15, 0.2) is 0 Å². The van der Waals surface area contributed by atoms with Crippen molar-refractivity contribution in [2.24, 2.45) is 0 Å². The monoisotopic (exact) mass is 548 g/mol.